The standard InChI is InChI=1S/C6H3FN4O3/c7-3-1-2-4(11(13)14)6(12)5(3)9-10-8/h1-2,12H. The minimum Gasteiger partial charge on any atom is -0.502 e. The largest absolute Gasteiger partial charge is 0.502 e. The van der Waals surface area contributed by atoms with Crippen LogP contribution in [0.25, 0.3) is 10.4 Å². The zero-order valence-corrected chi connectivity index (χ0v) is 6.59. The Bertz CT molecular complexity index is 441. The van der Waals surface area contributed by atoms with Gasteiger partial charge in [-0.1, -0.05) is 5.11 Å². The molecule has 0 heterocycles. The van der Waals surface area contributed by atoms with Crippen LogP contribution in [0.1, 0.15) is 0 Å². The first-order valence-corrected chi connectivity index (χ1v) is 3.29. The number of hydrogen-bond donors (Lipinski definition) is 1. The summed E-state index contributed by atoms with van der Waals surface area (Å²) < 4.78 is 12.8. The molecule has 8 heteroatoms. The van der Waals surface area contributed by atoms with E-state index in [-0.39, 0.29) is 0 Å². The summed E-state index contributed by atoms with van der Waals surface area (Å²) in [5.74, 6) is -2.00. The second-order valence-electron chi connectivity index (χ2n) is 2.21. The van der Waals surface area contributed by atoms with Gasteiger partial charge in [0.25, 0.3) is 0 Å². The van der Waals surface area contributed by atoms with Gasteiger partial charge in [-0.05, 0) is 11.6 Å². The van der Waals surface area contributed by atoms with Crippen molar-refractivity contribution in [1.29, 1.82) is 0 Å². The van der Waals surface area contributed by atoms with Crippen molar-refractivity contribution in [2.24, 2.45) is 5.11 Å². The van der Waals surface area contributed by atoms with E-state index in [2.05, 4.69) is 10.0 Å². The van der Waals surface area contributed by atoms with Crippen molar-refractivity contribution in [3.63, 3.8) is 0 Å². The molecule has 72 valence electrons. The predicted octanol–water partition coefficient (Wildman–Crippen LogP) is 2.38. The van der Waals surface area contributed by atoms with Crippen LogP contribution in [0.15, 0.2) is 17.2 Å². The lowest BCUT2D eigenvalue weighted by molar-refractivity contribution is -0.385. The predicted molar refractivity (Wildman–Crippen MR) is 43.5 cm³/mol. The van der Waals surface area contributed by atoms with Crippen LogP contribution in [0.5, 0.6) is 5.75 Å². The maximum Gasteiger partial charge on any atom is 0.311 e. The Morgan fingerprint density at radius 2 is 2.29 bits per heavy atom. The molecule has 1 aromatic rings. The third-order valence-electron chi connectivity index (χ3n) is 1.42. The van der Waals surface area contributed by atoms with E-state index in [9.17, 15) is 14.5 Å². The Balaban J connectivity index is 3.48. The van der Waals surface area contributed by atoms with Gasteiger partial charge in [0.15, 0.2) is 0 Å². The van der Waals surface area contributed by atoms with Crippen molar-refractivity contribution in [1.82, 2.24) is 0 Å². The normalized spacial score (nSPS) is 9.21. The molecule has 0 aliphatic rings. The number of halogens is 1. The van der Waals surface area contributed by atoms with E-state index in [0.29, 0.717) is 0 Å². The van der Waals surface area contributed by atoms with Gasteiger partial charge >= 0.3 is 5.69 Å². The molecular weight excluding hydrogens is 195 g/mol. The van der Waals surface area contributed by atoms with Gasteiger partial charge in [-0.2, -0.15) is 0 Å². The first-order chi connectivity index (χ1) is 6.57. The minimum absolute atomic E-state index is 0.714. The lowest BCUT2D eigenvalue weighted by atomic mass is 10.2. The van der Waals surface area contributed by atoms with E-state index in [0.717, 1.165) is 12.1 Å². The van der Waals surface area contributed by atoms with Crippen molar-refractivity contribution in [2.75, 3.05) is 0 Å². The number of nitro benzene ring substituents is 1. The smallest absolute Gasteiger partial charge is 0.311 e. The fraction of sp³-hybridized carbons (Fsp3) is 0. The summed E-state index contributed by atoms with van der Waals surface area (Å²) >= 11 is 0. The number of hydrogen-bond acceptors (Lipinski definition) is 4. The average Bonchev–Trinajstić information content (AvgIpc) is 2.11. The van der Waals surface area contributed by atoms with Crippen LogP contribution in [-0.2, 0) is 0 Å². The lowest BCUT2D eigenvalue weighted by Crippen LogP contribution is -1.89. The third-order valence-corrected chi connectivity index (χ3v) is 1.42. The van der Waals surface area contributed by atoms with E-state index in [1.807, 2.05) is 0 Å². The van der Waals surface area contributed by atoms with Crippen molar-refractivity contribution < 1.29 is 14.4 Å². The highest BCUT2D eigenvalue weighted by atomic mass is 19.1. The minimum atomic E-state index is -1.02. The van der Waals surface area contributed by atoms with Crippen molar-refractivity contribution in [2.45, 2.75) is 0 Å². The number of nitro groups is 1. The Hall–Kier alpha value is -2.34. The molecule has 0 unspecified atom stereocenters. The molecule has 0 fully saturated rings. The van der Waals surface area contributed by atoms with Gasteiger partial charge in [-0.15, -0.1) is 0 Å². The first-order valence-electron chi connectivity index (χ1n) is 3.29. The summed E-state index contributed by atoms with van der Waals surface area (Å²) in [5, 5.41) is 22.2. The molecule has 1 N–H and O–H groups in total. The topological polar surface area (TPSA) is 112 Å². The van der Waals surface area contributed by atoms with Crippen LogP contribution in [0, 0.1) is 15.9 Å². The van der Waals surface area contributed by atoms with Crippen LogP contribution < -0.4 is 0 Å². The number of azide groups is 1. The zero-order valence-electron chi connectivity index (χ0n) is 6.59. The van der Waals surface area contributed by atoms with E-state index in [1.165, 1.54) is 0 Å². The fourth-order valence-electron chi connectivity index (χ4n) is 0.832. The Kier molecular flexibility index (Phi) is 2.49. The van der Waals surface area contributed by atoms with Gasteiger partial charge in [0.2, 0.25) is 5.75 Å². The van der Waals surface area contributed by atoms with Gasteiger partial charge in [-0.3, -0.25) is 10.1 Å². The summed E-state index contributed by atoms with van der Waals surface area (Å²) in [6.07, 6.45) is 0. The van der Waals surface area contributed by atoms with Crippen LogP contribution in [0.4, 0.5) is 15.8 Å². The Morgan fingerprint density at radius 1 is 1.64 bits per heavy atom. The molecule has 1 aromatic carbocycles. The summed E-state index contributed by atoms with van der Waals surface area (Å²) in [6, 6.07) is 1.52. The molecule has 0 spiro atoms. The summed E-state index contributed by atoms with van der Waals surface area (Å²) in [6.45, 7) is 0. The Morgan fingerprint density at radius 3 is 2.79 bits per heavy atom. The second-order valence-corrected chi connectivity index (χ2v) is 2.21. The molecule has 0 atom stereocenters. The molecule has 1 rings (SSSR count). The SMILES string of the molecule is [N-]=[N+]=Nc1c(F)ccc([N+](=O)[O-])c1O. The molecule has 0 aromatic heterocycles. The van der Waals surface area contributed by atoms with E-state index < -0.39 is 27.9 Å². The molecule has 0 aliphatic carbocycles. The molecule has 7 nitrogen and oxygen atoms in total. The van der Waals surface area contributed by atoms with Crippen LogP contribution in [-0.4, -0.2) is 10.0 Å². The van der Waals surface area contributed by atoms with Crippen LogP contribution >= 0.6 is 0 Å². The second kappa shape index (κ2) is 3.58. The average molecular weight is 198 g/mol. The number of rotatable bonds is 2. The third kappa shape index (κ3) is 1.54. The molecule has 14 heavy (non-hydrogen) atoms. The molecule has 0 aliphatic heterocycles. The van der Waals surface area contributed by atoms with Gasteiger partial charge < -0.3 is 5.11 Å². The molecule has 0 amide bonds. The molecule has 0 bridgehead atoms. The highest BCUT2D eigenvalue weighted by molar-refractivity contribution is 5.62. The van der Waals surface area contributed by atoms with E-state index in [4.69, 9.17) is 10.6 Å². The maximum atomic E-state index is 12.8. The van der Waals surface area contributed by atoms with E-state index in [1.54, 1.807) is 0 Å². The lowest BCUT2D eigenvalue weighted by Gasteiger charge is -1.99. The summed E-state index contributed by atoms with van der Waals surface area (Å²) in [7, 11) is 0. The number of benzene rings is 1. The molecule has 0 radical (unpaired) electrons. The fourth-order valence-corrected chi connectivity index (χ4v) is 0.832. The van der Waals surface area contributed by atoms with Crippen LogP contribution in [0.3, 0.4) is 0 Å². The highest BCUT2D eigenvalue weighted by Gasteiger charge is 2.19. The quantitative estimate of drug-likeness (QED) is 0.258. The first kappa shape index (κ1) is 9.75. The van der Waals surface area contributed by atoms with E-state index >= 15 is 0 Å². The number of aromatic hydroxyl groups is 1. The molecular formula is C6H3FN4O3. The number of phenols is 1. The summed E-state index contributed by atoms with van der Waals surface area (Å²) in [4.78, 5) is 11.6. The Labute approximate surface area is 76.2 Å². The number of nitrogens with zero attached hydrogens (tertiary/aromatic N) is 4. The van der Waals surface area contributed by atoms with Crippen molar-refractivity contribution >= 4 is 11.4 Å². The monoisotopic (exact) mass is 198 g/mol. The van der Waals surface area contributed by atoms with Gasteiger partial charge in [0, 0.05) is 11.0 Å². The zero-order chi connectivity index (χ0) is 10.7. The molecule has 0 saturated carbocycles. The maximum absolute atomic E-state index is 12.8. The number of phenolic OH excluding ortho intramolecular Hbond substituents is 1. The van der Waals surface area contributed by atoms with Gasteiger partial charge in [-0.25, -0.2) is 4.39 Å². The summed E-state index contributed by atoms with van der Waals surface area (Å²) in [5.41, 5.74) is 6.52. The highest BCUT2D eigenvalue weighted by Crippen LogP contribution is 2.37. The van der Waals surface area contributed by atoms with Crippen molar-refractivity contribution in [3.05, 3.63) is 38.5 Å². The van der Waals surface area contributed by atoms with Gasteiger partial charge in [0.05, 0.1) is 4.92 Å². The molecule has 0 saturated heterocycles. The van der Waals surface area contributed by atoms with Crippen LogP contribution in [0.2, 0.25) is 0 Å². The van der Waals surface area contributed by atoms with Gasteiger partial charge in [0.1, 0.15) is 11.5 Å². The van der Waals surface area contributed by atoms with Crippen molar-refractivity contribution in [3.8, 4) is 5.75 Å².